The monoisotopic (exact) mass is 798 g/mol. The van der Waals surface area contributed by atoms with Gasteiger partial charge in [-0.25, -0.2) is 0 Å². The molecule has 0 spiro atoms. The summed E-state index contributed by atoms with van der Waals surface area (Å²) >= 11 is 0. The summed E-state index contributed by atoms with van der Waals surface area (Å²) in [4.78, 5) is 2.54. The van der Waals surface area contributed by atoms with Gasteiger partial charge in [0.15, 0.2) is 0 Å². The smallest absolute Gasteiger partial charge is 0.0631 e. The summed E-state index contributed by atoms with van der Waals surface area (Å²) < 4.78 is 0. The molecule has 0 saturated carbocycles. The van der Waals surface area contributed by atoms with Gasteiger partial charge >= 0.3 is 0 Å². The molecule has 11 rings (SSSR count). The predicted molar refractivity (Wildman–Crippen MR) is 265 cm³/mol. The van der Waals surface area contributed by atoms with Crippen LogP contribution in [0.3, 0.4) is 0 Å². The van der Waals surface area contributed by atoms with Crippen molar-refractivity contribution in [1.82, 2.24) is 5.32 Å². The van der Waals surface area contributed by atoms with Crippen molar-refractivity contribution in [2.45, 2.75) is 49.2 Å². The zero-order valence-corrected chi connectivity index (χ0v) is 34.9. The van der Waals surface area contributed by atoms with E-state index in [-0.39, 0.29) is 24.0 Å². The molecule has 5 unspecified atom stereocenters. The fraction of sp³-hybridized carbons (Fsp3) is 0.133. The van der Waals surface area contributed by atoms with E-state index in [0.717, 1.165) is 19.3 Å². The fourth-order valence-electron chi connectivity index (χ4n) is 10.3. The zero-order valence-electron chi connectivity index (χ0n) is 34.9. The first-order chi connectivity index (χ1) is 30.7. The third kappa shape index (κ3) is 7.31. The summed E-state index contributed by atoms with van der Waals surface area (Å²) in [6.07, 6.45) is 34.9. The van der Waals surface area contributed by atoms with E-state index >= 15 is 0 Å². The molecule has 4 aliphatic carbocycles. The van der Waals surface area contributed by atoms with Gasteiger partial charge in [-0.3, -0.25) is 0 Å². The van der Waals surface area contributed by atoms with E-state index in [1.807, 2.05) is 0 Å². The number of nitrogens with one attached hydrogen (secondary N) is 1. The number of anilines is 2. The lowest BCUT2D eigenvalue weighted by Crippen LogP contribution is -2.40. The third-order valence-corrected chi connectivity index (χ3v) is 13.4. The first-order valence-corrected chi connectivity index (χ1v) is 22.3. The van der Waals surface area contributed by atoms with E-state index in [0.29, 0.717) is 5.92 Å². The van der Waals surface area contributed by atoms with Gasteiger partial charge in [-0.1, -0.05) is 200 Å². The van der Waals surface area contributed by atoms with E-state index in [1.54, 1.807) is 0 Å². The Morgan fingerprint density at radius 2 is 1.24 bits per heavy atom. The quantitative estimate of drug-likeness (QED) is 0.146. The minimum absolute atomic E-state index is 0.160. The molecule has 0 fully saturated rings. The van der Waals surface area contributed by atoms with E-state index in [9.17, 15) is 0 Å². The minimum Gasteiger partial charge on any atom is -0.334 e. The van der Waals surface area contributed by atoms with Crippen LogP contribution in [0, 0.1) is 0 Å². The molecule has 300 valence electrons. The molecule has 62 heavy (non-hydrogen) atoms. The van der Waals surface area contributed by atoms with Crippen molar-refractivity contribution in [2.75, 3.05) is 4.90 Å². The second-order valence-electron chi connectivity index (χ2n) is 17.1. The van der Waals surface area contributed by atoms with E-state index in [4.69, 9.17) is 0 Å². The molecule has 2 nitrogen and oxygen atoms in total. The average molecular weight is 799 g/mol. The van der Waals surface area contributed by atoms with Gasteiger partial charge < -0.3 is 10.2 Å². The van der Waals surface area contributed by atoms with Crippen molar-refractivity contribution in [2.24, 2.45) is 0 Å². The van der Waals surface area contributed by atoms with Crippen LogP contribution in [0.1, 0.15) is 53.4 Å². The van der Waals surface area contributed by atoms with Crippen molar-refractivity contribution in [3.05, 3.63) is 253 Å². The molecule has 7 aromatic rings. The summed E-state index contributed by atoms with van der Waals surface area (Å²) in [6.45, 7) is 0. The molecule has 0 saturated heterocycles. The molecule has 0 radical (unpaired) electrons. The van der Waals surface area contributed by atoms with E-state index in [2.05, 4.69) is 241 Å². The van der Waals surface area contributed by atoms with Crippen molar-refractivity contribution >= 4 is 54.8 Å². The molecule has 2 heteroatoms. The summed E-state index contributed by atoms with van der Waals surface area (Å²) in [5.41, 5.74) is 10.3. The predicted octanol–water partition coefficient (Wildman–Crippen LogP) is 14.9. The summed E-state index contributed by atoms with van der Waals surface area (Å²) in [5.74, 6) is 0.621. The summed E-state index contributed by atoms with van der Waals surface area (Å²) in [5, 5.41) is 12.0. The number of rotatable bonds is 9. The molecule has 1 N–H and O–H groups in total. The Bertz CT molecular complexity index is 3030. The number of hydrogen-bond donors (Lipinski definition) is 1. The van der Waals surface area contributed by atoms with Gasteiger partial charge in [0, 0.05) is 35.3 Å². The molecule has 0 amide bonds. The fourth-order valence-corrected chi connectivity index (χ4v) is 10.3. The lowest BCUT2D eigenvalue weighted by Gasteiger charge is -2.37. The van der Waals surface area contributed by atoms with Crippen molar-refractivity contribution in [3.63, 3.8) is 0 Å². The highest BCUT2D eigenvalue weighted by Crippen LogP contribution is 2.42. The molecule has 0 aliphatic heterocycles. The lowest BCUT2D eigenvalue weighted by molar-refractivity contribution is 0.498. The van der Waals surface area contributed by atoms with Gasteiger partial charge in [0.1, 0.15) is 0 Å². The number of allylic oxidation sites excluding steroid dienone is 10. The SMILES string of the molecule is C1=CCC(c2ccc(N(c3ccc(C4=CCC(NC5C=CC=CC5c5cc6ccccc6c6ccc7ccccc7c56)C=C4)cc3)C3CC=CC=C3c3ccccc3)cc2)C=C1. The summed E-state index contributed by atoms with van der Waals surface area (Å²) in [6, 6.07) is 54.7. The molecule has 0 aromatic heterocycles. The maximum absolute atomic E-state index is 4.07. The van der Waals surface area contributed by atoms with E-state index in [1.165, 1.54) is 77.1 Å². The Morgan fingerprint density at radius 1 is 0.516 bits per heavy atom. The minimum atomic E-state index is 0.160. The Hall–Kier alpha value is -7.00. The third-order valence-electron chi connectivity index (χ3n) is 13.4. The number of benzene rings is 7. The van der Waals surface area contributed by atoms with Gasteiger partial charge in [-0.15, -0.1) is 0 Å². The Kier molecular flexibility index (Phi) is 10.3. The highest BCUT2D eigenvalue weighted by Gasteiger charge is 2.28. The molecular formula is C60H50N2. The number of nitrogens with zero attached hydrogens (tertiary/aromatic N) is 1. The van der Waals surface area contributed by atoms with Gasteiger partial charge in [-0.05, 0) is 115 Å². The maximum Gasteiger partial charge on any atom is 0.0631 e. The molecule has 7 aromatic carbocycles. The normalized spacial score (nSPS) is 21.7. The largest absolute Gasteiger partial charge is 0.334 e. The second kappa shape index (κ2) is 16.8. The number of fused-ring (bicyclic) bond motifs is 5. The van der Waals surface area contributed by atoms with Crippen LogP contribution in [0.2, 0.25) is 0 Å². The van der Waals surface area contributed by atoms with Gasteiger partial charge in [0.25, 0.3) is 0 Å². The van der Waals surface area contributed by atoms with Crippen LogP contribution in [0.4, 0.5) is 11.4 Å². The first kappa shape index (κ1) is 38.0. The highest BCUT2D eigenvalue weighted by atomic mass is 15.2. The van der Waals surface area contributed by atoms with Crippen LogP contribution in [0.5, 0.6) is 0 Å². The molecule has 0 bridgehead atoms. The van der Waals surface area contributed by atoms with Gasteiger partial charge in [0.05, 0.1) is 6.04 Å². The van der Waals surface area contributed by atoms with Crippen molar-refractivity contribution in [1.29, 1.82) is 0 Å². The lowest BCUT2D eigenvalue weighted by atomic mass is 9.81. The Balaban J connectivity index is 0.855. The molecular weight excluding hydrogens is 749 g/mol. The highest BCUT2D eigenvalue weighted by molar-refractivity contribution is 6.19. The first-order valence-electron chi connectivity index (χ1n) is 22.3. The molecule has 4 aliphatic rings. The van der Waals surface area contributed by atoms with Gasteiger partial charge in [-0.2, -0.15) is 0 Å². The van der Waals surface area contributed by atoms with Crippen LogP contribution >= 0.6 is 0 Å². The Morgan fingerprint density at radius 3 is 2.03 bits per heavy atom. The van der Waals surface area contributed by atoms with Crippen LogP contribution in [0.25, 0.3) is 43.5 Å². The van der Waals surface area contributed by atoms with E-state index < -0.39 is 0 Å². The molecule has 0 heterocycles. The molecule has 5 atom stereocenters. The van der Waals surface area contributed by atoms with Crippen molar-refractivity contribution in [3.8, 4) is 0 Å². The van der Waals surface area contributed by atoms with Crippen LogP contribution in [-0.4, -0.2) is 18.1 Å². The summed E-state index contributed by atoms with van der Waals surface area (Å²) in [7, 11) is 0. The standard InChI is InChI=1S/C60H50N2/c1-3-15-42(16-4-1)44-29-36-50(37-30-44)62(59-26-14-12-22-53(59)46-17-5-2-6-18-46)51-38-31-45(32-39-51)43-27-34-49(35-28-43)61-58-25-13-11-24-55(58)57-41-48-20-8-9-21-52(48)56-40-33-47-19-7-10-23-54(47)60(56)57/h1-15,17-25,27-34,36-42,49,55,58-59,61H,16,26,35H2. The van der Waals surface area contributed by atoms with Crippen LogP contribution in [-0.2, 0) is 0 Å². The van der Waals surface area contributed by atoms with Gasteiger partial charge in [0.2, 0.25) is 0 Å². The Labute approximate surface area is 365 Å². The average Bonchev–Trinajstić information content (AvgIpc) is 3.35. The van der Waals surface area contributed by atoms with Crippen molar-refractivity contribution < 1.29 is 0 Å². The van der Waals surface area contributed by atoms with Crippen LogP contribution < -0.4 is 10.2 Å². The maximum atomic E-state index is 4.07. The second-order valence-corrected chi connectivity index (χ2v) is 17.1. The topological polar surface area (TPSA) is 15.3 Å². The van der Waals surface area contributed by atoms with Crippen LogP contribution in [0.15, 0.2) is 231 Å². The number of hydrogen-bond acceptors (Lipinski definition) is 2. The zero-order chi connectivity index (χ0) is 41.2.